The average molecular weight is 186 g/mol. The highest BCUT2D eigenvalue weighted by molar-refractivity contribution is 5.70. The summed E-state index contributed by atoms with van der Waals surface area (Å²) in [5, 5.41) is 8.86. The quantitative estimate of drug-likeness (QED) is 0.681. The third-order valence-corrected chi connectivity index (χ3v) is 3.57. The average Bonchev–Trinajstić information content (AvgIpc) is 2.02. The Balaban J connectivity index is 2.07. The maximum Gasteiger partial charge on any atom is 0.306 e. The molecule has 2 bridgehead atoms. The van der Waals surface area contributed by atoms with E-state index in [1.165, 1.54) is 0 Å². The van der Waals surface area contributed by atoms with E-state index in [0.717, 1.165) is 19.3 Å². The van der Waals surface area contributed by atoms with Crippen LogP contribution in [-0.4, -0.2) is 17.2 Å². The van der Waals surface area contributed by atoms with Crippen LogP contribution in [0.1, 0.15) is 32.1 Å². The second-order valence-electron chi connectivity index (χ2n) is 4.40. The minimum Gasteiger partial charge on any atom is -0.481 e. The fourth-order valence-corrected chi connectivity index (χ4v) is 2.87. The molecule has 2 fully saturated rings. The molecule has 0 aromatic rings. The summed E-state index contributed by atoms with van der Waals surface area (Å²) in [6.45, 7) is 0. The number of hydrogen-bond donors (Lipinski definition) is 1. The van der Waals surface area contributed by atoms with Gasteiger partial charge in [0.2, 0.25) is 0 Å². The van der Waals surface area contributed by atoms with Gasteiger partial charge in [0.15, 0.2) is 0 Å². The first-order chi connectivity index (χ1) is 6.18. The van der Waals surface area contributed by atoms with Crippen LogP contribution >= 0.6 is 0 Å². The van der Waals surface area contributed by atoms with Gasteiger partial charge in [-0.1, -0.05) is 6.42 Å². The van der Waals surface area contributed by atoms with Crippen molar-refractivity contribution < 1.29 is 14.3 Å². The third-order valence-electron chi connectivity index (χ3n) is 3.57. The molecule has 2 atom stereocenters. The van der Waals surface area contributed by atoms with Gasteiger partial charge in [-0.2, -0.15) is 0 Å². The van der Waals surface area contributed by atoms with Crippen molar-refractivity contribution in [1.82, 2.24) is 0 Å². The van der Waals surface area contributed by atoms with E-state index in [4.69, 9.17) is 5.11 Å². The first-order valence-corrected chi connectivity index (χ1v) is 5.05. The van der Waals surface area contributed by atoms with Crippen LogP contribution in [0.2, 0.25) is 0 Å². The maximum atomic E-state index is 13.5. The lowest BCUT2D eigenvalue weighted by Crippen LogP contribution is -2.39. The standard InChI is InChI=1S/C10H15FO2/c11-9-6-2-1-3-7(9)5-8(4-6)10(12)13/h6-9H,1-5H2,(H,12,13). The van der Waals surface area contributed by atoms with Crippen molar-refractivity contribution in [2.45, 2.75) is 38.3 Å². The Bertz CT molecular complexity index is 203. The van der Waals surface area contributed by atoms with Gasteiger partial charge in [-0.3, -0.25) is 4.79 Å². The largest absolute Gasteiger partial charge is 0.481 e. The summed E-state index contributed by atoms with van der Waals surface area (Å²) in [7, 11) is 0. The van der Waals surface area contributed by atoms with Gasteiger partial charge in [-0.15, -0.1) is 0 Å². The molecular weight excluding hydrogens is 171 g/mol. The molecular formula is C10H15FO2. The Labute approximate surface area is 77.1 Å². The Kier molecular flexibility index (Phi) is 2.26. The highest BCUT2D eigenvalue weighted by atomic mass is 19.1. The molecule has 0 radical (unpaired) electrons. The summed E-state index contributed by atoms with van der Waals surface area (Å²) < 4.78 is 13.5. The summed E-state index contributed by atoms with van der Waals surface area (Å²) in [6, 6.07) is 0. The molecule has 2 rings (SSSR count). The zero-order chi connectivity index (χ0) is 9.42. The number of carboxylic acid groups (broad SMARTS) is 1. The molecule has 1 N–H and O–H groups in total. The summed E-state index contributed by atoms with van der Waals surface area (Å²) in [4.78, 5) is 10.8. The van der Waals surface area contributed by atoms with Gasteiger partial charge in [0.1, 0.15) is 6.17 Å². The molecule has 2 aliphatic carbocycles. The predicted molar refractivity (Wildman–Crippen MR) is 46.1 cm³/mol. The van der Waals surface area contributed by atoms with E-state index < -0.39 is 12.1 Å². The molecule has 2 aliphatic rings. The minimum atomic E-state index is -0.733. The highest BCUT2D eigenvalue weighted by Crippen LogP contribution is 2.44. The lowest BCUT2D eigenvalue weighted by Gasteiger charge is -2.40. The third kappa shape index (κ3) is 1.56. The number of carboxylic acids is 1. The van der Waals surface area contributed by atoms with E-state index in [2.05, 4.69) is 0 Å². The Morgan fingerprint density at radius 3 is 2.23 bits per heavy atom. The minimum absolute atomic E-state index is 0.0357. The van der Waals surface area contributed by atoms with Crippen LogP contribution in [-0.2, 0) is 4.79 Å². The molecule has 0 aliphatic heterocycles. The van der Waals surface area contributed by atoms with E-state index in [1.807, 2.05) is 0 Å². The summed E-state index contributed by atoms with van der Waals surface area (Å²) in [6.07, 6.45) is 3.27. The van der Waals surface area contributed by atoms with Gasteiger partial charge in [0.05, 0.1) is 5.92 Å². The predicted octanol–water partition coefficient (Wildman–Crippen LogP) is 2.24. The summed E-state index contributed by atoms with van der Waals surface area (Å²) in [5.41, 5.74) is 0. The fraction of sp³-hybridized carbons (Fsp3) is 0.900. The Morgan fingerprint density at radius 1 is 1.23 bits per heavy atom. The highest BCUT2D eigenvalue weighted by Gasteiger charge is 2.42. The molecule has 0 aromatic carbocycles. The second kappa shape index (κ2) is 3.28. The van der Waals surface area contributed by atoms with Crippen molar-refractivity contribution in [2.75, 3.05) is 0 Å². The van der Waals surface area contributed by atoms with Gasteiger partial charge in [-0.05, 0) is 37.5 Å². The van der Waals surface area contributed by atoms with Crippen LogP contribution in [0.4, 0.5) is 4.39 Å². The number of alkyl halides is 1. The van der Waals surface area contributed by atoms with Gasteiger partial charge >= 0.3 is 5.97 Å². The molecule has 2 saturated carbocycles. The van der Waals surface area contributed by atoms with Crippen LogP contribution in [0.25, 0.3) is 0 Å². The normalized spacial score (nSPS) is 44.4. The van der Waals surface area contributed by atoms with Crippen LogP contribution in [0, 0.1) is 17.8 Å². The number of aliphatic carboxylic acids is 1. The van der Waals surface area contributed by atoms with Crippen LogP contribution in [0.15, 0.2) is 0 Å². The topological polar surface area (TPSA) is 37.3 Å². The first-order valence-electron chi connectivity index (χ1n) is 5.05. The molecule has 2 unspecified atom stereocenters. The van der Waals surface area contributed by atoms with Gasteiger partial charge < -0.3 is 5.11 Å². The number of carbonyl (C=O) groups is 1. The number of rotatable bonds is 1. The van der Waals surface area contributed by atoms with E-state index in [-0.39, 0.29) is 17.8 Å². The van der Waals surface area contributed by atoms with Crippen LogP contribution < -0.4 is 0 Å². The second-order valence-corrected chi connectivity index (χ2v) is 4.40. The lowest BCUT2D eigenvalue weighted by atomic mass is 9.67. The SMILES string of the molecule is O=C(O)C1CC2CCCC(C1)C2F. The Hall–Kier alpha value is -0.600. The Morgan fingerprint density at radius 2 is 1.77 bits per heavy atom. The van der Waals surface area contributed by atoms with Crippen LogP contribution in [0.3, 0.4) is 0 Å². The molecule has 2 nitrogen and oxygen atoms in total. The lowest BCUT2D eigenvalue weighted by molar-refractivity contribution is -0.146. The summed E-state index contributed by atoms with van der Waals surface area (Å²) in [5.74, 6) is -0.937. The molecule has 0 amide bonds. The molecule has 13 heavy (non-hydrogen) atoms. The molecule has 3 heteroatoms. The number of hydrogen-bond acceptors (Lipinski definition) is 1. The monoisotopic (exact) mass is 186 g/mol. The van der Waals surface area contributed by atoms with Gasteiger partial charge in [0.25, 0.3) is 0 Å². The summed E-state index contributed by atoms with van der Waals surface area (Å²) >= 11 is 0. The van der Waals surface area contributed by atoms with E-state index in [9.17, 15) is 9.18 Å². The molecule has 0 heterocycles. The van der Waals surface area contributed by atoms with Crippen molar-refractivity contribution in [3.05, 3.63) is 0 Å². The van der Waals surface area contributed by atoms with E-state index >= 15 is 0 Å². The zero-order valence-electron chi connectivity index (χ0n) is 7.58. The van der Waals surface area contributed by atoms with Crippen molar-refractivity contribution in [3.63, 3.8) is 0 Å². The van der Waals surface area contributed by atoms with Crippen molar-refractivity contribution in [1.29, 1.82) is 0 Å². The molecule has 0 spiro atoms. The van der Waals surface area contributed by atoms with E-state index in [1.54, 1.807) is 0 Å². The van der Waals surface area contributed by atoms with Crippen LogP contribution in [0.5, 0.6) is 0 Å². The number of fused-ring (bicyclic) bond motifs is 2. The number of halogens is 1. The first kappa shape index (κ1) is 8.97. The molecule has 74 valence electrons. The molecule has 0 saturated heterocycles. The smallest absolute Gasteiger partial charge is 0.306 e. The fourth-order valence-electron chi connectivity index (χ4n) is 2.87. The van der Waals surface area contributed by atoms with Crippen molar-refractivity contribution in [2.24, 2.45) is 17.8 Å². The van der Waals surface area contributed by atoms with Gasteiger partial charge in [0, 0.05) is 0 Å². The zero-order valence-corrected chi connectivity index (χ0v) is 7.58. The molecule has 0 aromatic heterocycles. The van der Waals surface area contributed by atoms with E-state index in [0.29, 0.717) is 12.8 Å². The van der Waals surface area contributed by atoms with Crippen molar-refractivity contribution in [3.8, 4) is 0 Å². The van der Waals surface area contributed by atoms with Gasteiger partial charge in [-0.25, -0.2) is 4.39 Å². The van der Waals surface area contributed by atoms with Crippen molar-refractivity contribution >= 4 is 5.97 Å². The maximum absolute atomic E-state index is 13.5.